The number of carbonyl (C=O) groups is 1. The van der Waals surface area contributed by atoms with Crippen molar-refractivity contribution in [1.29, 1.82) is 0 Å². The molecule has 0 spiro atoms. The molecule has 1 aromatic carbocycles. The Kier molecular flexibility index (Phi) is 5.36. The van der Waals surface area contributed by atoms with Crippen LogP contribution in [0.25, 0.3) is 0 Å². The normalized spacial score (nSPS) is 11.2. The summed E-state index contributed by atoms with van der Waals surface area (Å²) in [6, 6.07) is 5.77. The molecule has 0 unspecified atom stereocenters. The van der Waals surface area contributed by atoms with E-state index in [9.17, 15) is 4.79 Å². The van der Waals surface area contributed by atoms with Gasteiger partial charge in [0.2, 0.25) is 0 Å². The minimum Gasteiger partial charge on any atom is -0.483 e. The topological polar surface area (TPSA) is 58.6 Å². The van der Waals surface area contributed by atoms with Gasteiger partial charge in [0.05, 0.1) is 0 Å². The van der Waals surface area contributed by atoms with Crippen LogP contribution < -0.4 is 10.1 Å². The number of nitrogens with one attached hydrogen (secondary N) is 1. The fraction of sp³-hybridized carbons (Fsp3) is 0.533. The lowest BCUT2D eigenvalue weighted by atomic mass is 9.95. The van der Waals surface area contributed by atoms with Gasteiger partial charge in [0.15, 0.2) is 6.61 Å². The average Bonchev–Trinajstić information content (AvgIpc) is 2.38. The van der Waals surface area contributed by atoms with Crippen molar-refractivity contribution in [2.45, 2.75) is 27.7 Å². The summed E-state index contributed by atoms with van der Waals surface area (Å²) in [5.74, 6) is 0.555. The molecule has 1 rings (SSSR count). The van der Waals surface area contributed by atoms with Crippen molar-refractivity contribution in [2.75, 3.05) is 19.8 Å². The zero-order valence-electron chi connectivity index (χ0n) is 12.1. The van der Waals surface area contributed by atoms with E-state index in [0.717, 1.165) is 16.9 Å². The molecule has 0 aliphatic heterocycles. The molecule has 19 heavy (non-hydrogen) atoms. The van der Waals surface area contributed by atoms with Crippen molar-refractivity contribution in [1.82, 2.24) is 5.32 Å². The standard InChI is InChI=1S/C15H23NO3/c1-11-6-5-7-13(12(11)2)19-8-14(18)16-9-15(3,4)10-17/h5-7,17H,8-10H2,1-4H3,(H,16,18). The van der Waals surface area contributed by atoms with E-state index in [0.29, 0.717) is 6.54 Å². The first-order chi connectivity index (χ1) is 8.85. The first-order valence-electron chi connectivity index (χ1n) is 6.42. The van der Waals surface area contributed by atoms with Crippen molar-refractivity contribution in [3.63, 3.8) is 0 Å². The van der Waals surface area contributed by atoms with Gasteiger partial charge in [0.25, 0.3) is 5.91 Å². The van der Waals surface area contributed by atoms with Crippen molar-refractivity contribution >= 4 is 5.91 Å². The molecule has 4 heteroatoms. The molecule has 0 saturated heterocycles. The van der Waals surface area contributed by atoms with Crippen LogP contribution in [0.3, 0.4) is 0 Å². The summed E-state index contributed by atoms with van der Waals surface area (Å²) < 4.78 is 5.50. The summed E-state index contributed by atoms with van der Waals surface area (Å²) in [5.41, 5.74) is 1.87. The zero-order valence-corrected chi connectivity index (χ0v) is 12.1. The quantitative estimate of drug-likeness (QED) is 0.825. The van der Waals surface area contributed by atoms with Gasteiger partial charge in [-0.05, 0) is 31.0 Å². The summed E-state index contributed by atoms with van der Waals surface area (Å²) in [6.07, 6.45) is 0. The molecule has 0 aliphatic carbocycles. The number of rotatable bonds is 6. The van der Waals surface area contributed by atoms with Crippen LogP contribution in [0.1, 0.15) is 25.0 Å². The molecule has 0 radical (unpaired) electrons. The number of hydrogen-bond donors (Lipinski definition) is 2. The zero-order chi connectivity index (χ0) is 14.5. The van der Waals surface area contributed by atoms with Crippen LogP contribution in [-0.2, 0) is 4.79 Å². The first kappa shape index (κ1) is 15.5. The highest BCUT2D eigenvalue weighted by Crippen LogP contribution is 2.20. The van der Waals surface area contributed by atoms with E-state index in [1.165, 1.54) is 0 Å². The van der Waals surface area contributed by atoms with Crippen LogP contribution in [0.15, 0.2) is 18.2 Å². The first-order valence-corrected chi connectivity index (χ1v) is 6.42. The minimum absolute atomic E-state index is 0.00813. The Morgan fingerprint density at radius 2 is 2.05 bits per heavy atom. The molecular formula is C15H23NO3. The number of aryl methyl sites for hydroxylation is 1. The van der Waals surface area contributed by atoms with Crippen LogP contribution in [-0.4, -0.2) is 30.8 Å². The Labute approximate surface area is 114 Å². The summed E-state index contributed by atoms with van der Waals surface area (Å²) >= 11 is 0. The van der Waals surface area contributed by atoms with Gasteiger partial charge < -0.3 is 15.2 Å². The molecule has 1 aromatic rings. The van der Waals surface area contributed by atoms with Gasteiger partial charge in [-0.3, -0.25) is 4.79 Å². The third-order valence-corrected chi connectivity index (χ3v) is 3.11. The van der Waals surface area contributed by atoms with Gasteiger partial charge in [0, 0.05) is 18.6 Å². The van der Waals surface area contributed by atoms with Crippen molar-refractivity contribution in [3.05, 3.63) is 29.3 Å². The molecule has 4 nitrogen and oxygen atoms in total. The number of carbonyl (C=O) groups excluding carboxylic acids is 1. The highest BCUT2D eigenvalue weighted by molar-refractivity contribution is 5.77. The fourth-order valence-corrected chi connectivity index (χ4v) is 1.47. The predicted molar refractivity (Wildman–Crippen MR) is 75.3 cm³/mol. The number of aliphatic hydroxyl groups is 1. The molecule has 0 heterocycles. The Balaban J connectivity index is 2.44. The molecule has 0 bridgehead atoms. The Morgan fingerprint density at radius 3 is 2.68 bits per heavy atom. The molecule has 0 aliphatic rings. The van der Waals surface area contributed by atoms with Crippen molar-refractivity contribution in [2.24, 2.45) is 5.41 Å². The largest absolute Gasteiger partial charge is 0.483 e. The Hall–Kier alpha value is -1.55. The van der Waals surface area contributed by atoms with Crippen molar-refractivity contribution in [3.8, 4) is 5.75 Å². The van der Waals surface area contributed by atoms with E-state index in [2.05, 4.69) is 5.32 Å². The lowest BCUT2D eigenvalue weighted by Crippen LogP contribution is -2.38. The van der Waals surface area contributed by atoms with E-state index < -0.39 is 0 Å². The molecule has 0 aromatic heterocycles. The van der Waals surface area contributed by atoms with Crippen molar-refractivity contribution < 1.29 is 14.6 Å². The second-order valence-corrected chi connectivity index (χ2v) is 5.59. The molecule has 0 saturated carbocycles. The number of amides is 1. The molecule has 1 amide bonds. The maximum atomic E-state index is 11.7. The second kappa shape index (κ2) is 6.57. The average molecular weight is 265 g/mol. The number of benzene rings is 1. The van der Waals surface area contributed by atoms with Gasteiger partial charge in [-0.15, -0.1) is 0 Å². The maximum Gasteiger partial charge on any atom is 0.257 e. The Bertz CT molecular complexity index is 441. The van der Waals surface area contributed by atoms with Crippen LogP contribution >= 0.6 is 0 Å². The van der Waals surface area contributed by atoms with E-state index in [1.807, 2.05) is 45.9 Å². The van der Waals surface area contributed by atoms with Gasteiger partial charge >= 0.3 is 0 Å². The van der Waals surface area contributed by atoms with E-state index in [4.69, 9.17) is 9.84 Å². The van der Waals surface area contributed by atoms with E-state index in [-0.39, 0.29) is 24.5 Å². The van der Waals surface area contributed by atoms with E-state index in [1.54, 1.807) is 0 Å². The smallest absolute Gasteiger partial charge is 0.257 e. The fourth-order valence-electron chi connectivity index (χ4n) is 1.47. The summed E-state index contributed by atoms with van der Waals surface area (Å²) in [4.78, 5) is 11.7. The van der Waals surface area contributed by atoms with Gasteiger partial charge in [-0.25, -0.2) is 0 Å². The summed E-state index contributed by atoms with van der Waals surface area (Å²) in [6.45, 7) is 8.20. The van der Waals surface area contributed by atoms with Gasteiger partial charge in [-0.2, -0.15) is 0 Å². The molecular weight excluding hydrogens is 242 g/mol. The lowest BCUT2D eigenvalue weighted by Gasteiger charge is -2.21. The molecule has 0 fully saturated rings. The predicted octanol–water partition coefficient (Wildman–Crippen LogP) is 1.82. The van der Waals surface area contributed by atoms with Crippen LogP contribution in [0, 0.1) is 19.3 Å². The SMILES string of the molecule is Cc1cccc(OCC(=O)NCC(C)(C)CO)c1C. The van der Waals surface area contributed by atoms with E-state index >= 15 is 0 Å². The summed E-state index contributed by atoms with van der Waals surface area (Å²) in [7, 11) is 0. The molecule has 2 N–H and O–H groups in total. The highest BCUT2D eigenvalue weighted by Gasteiger charge is 2.17. The molecule has 106 valence electrons. The Morgan fingerprint density at radius 1 is 1.37 bits per heavy atom. The highest BCUT2D eigenvalue weighted by atomic mass is 16.5. The number of aliphatic hydroxyl groups excluding tert-OH is 1. The summed E-state index contributed by atoms with van der Waals surface area (Å²) in [5, 5.41) is 11.9. The minimum atomic E-state index is -0.311. The lowest BCUT2D eigenvalue weighted by molar-refractivity contribution is -0.123. The van der Waals surface area contributed by atoms with Crippen LogP contribution in [0.4, 0.5) is 0 Å². The van der Waals surface area contributed by atoms with Crippen LogP contribution in [0.2, 0.25) is 0 Å². The molecule has 0 atom stereocenters. The van der Waals surface area contributed by atoms with Crippen LogP contribution in [0.5, 0.6) is 5.75 Å². The third-order valence-electron chi connectivity index (χ3n) is 3.11. The monoisotopic (exact) mass is 265 g/mol. The van der Waals surface area contributed by atoms with Gasteiger partial charge in [0.1, 0.15) is 5.75 Å². The third kappa shape index (κ3) is 4.91. The second-order valence-electron chi connectivity index (χ2n) is 5.59. The number of ether oxygens (including phenoxy) is 1. The van der Waals surface area contributed by atoms with Gasteiger partial charge in [-0.1, -0.05) is 26.0 Å². The maximum absolute atomic E-state index is 11.7. The number of hydrogen-bond acceptors (Lipinski definition) is 3.